The summed E-state index contributed by atoms with van der Waals surface area (Å²) in [6, 6.07) is 4.56. The van der Waals surface area contributed by atoms with Gasteiger partial charge in [-0.05, 0) is 25.3 Å². The smallest absolute Gasteiger partial charge is 0.246 e. The highest BCUT2D eigenvalue weighted by molar-refractivity contribution is 7.98. The summed E-state index contributed by atoms with van der Waals surface area (Å²) in [7, 11) is -2.12. The Bertz CT molecular complexity index is 500. The first-order valence-electron chi connectivity index (χ1n) is 5.33. The Hall–Kier alpha value is -0.430. The van der Waals surface area contributed by atoms with E-state index >= 15 is 0 Å². The normalized spacial score (nSPS) is 13.8. The molecule has 0 saturated carbocycles. The van der Waals surface area contributed by atoms with Gasteiger partial charge in [0, 0.05) is 18.8 Å². The first-order chi connectivity index (χ1) is 8.32. The lowest BCUT2D eigenvalue weighted by Gasteiger charge is -2.24. The number of rotatable bonds is 5. The second-order valence-corrected chi connectivity index (χ2v) is 7.24. The van der Waals surface area contributed by atoms with E-state index in [1.807, 2.05) is 13.2 Å². The Morgan fingerprint density at radius 2 is 2.11 bits per heavy atom. The molecule has 0 aromatic heterocycles. The Morgan fingerprint density at radius 3 is 2.61 bits per heavy atom. The predicted octanol–water partition coefficient (Wildman–Crippen LogP) is 2.29. The molecule has 0 aliphatic heterocycles. The van der Waals surface area contributed by atoms with Gasteiger partial charge in [0.25, 0.3) is 0 Å². The van der Waals surface area contributed by atoms with Crippen molar-refractivity contribution in [2.75, 3.05) is 24.8 Å². The predicted molar refractivity (Wildman–Crippen MR) is 78.7 cm³/mol. The van der Waals surface area contributed by atoms with Gasteiger partial charge in [0.2, 0.25) is 10.0 Å². The molecule has 1 unspecified atom stereocenters. The third-order valence-corrected chi connectivity index (χ3v) is 6.00. The average molecular weight is 309 g/mol. The van der Waals surface area contributed by atoms with Crippen LogP contribution in [0.2, 0.25) is 5.02 Å². The fourth-order valence-electron chi connectivity index (χ4n) is 1.52. The molecule has 0 saturated heterocycles. The first-order valence-corrected chi connectivity index (χ1v) is 8.54. The average Bonchev–Trinajstić information content (AvgIpc) is 2.27. The fourth-order valence-corrected chi connectivity index (χ4v) is 4.32. The number of nitrogens with zero attached hydrogens (tertiary/aromatic N) is 1. The molecule has 18 heavy (non-hydrogen) atoms. The third kappa shape index (κ3) is 3.12. The minimum atomic E-state index is -3.66. The summed E-state index contributed by atoms with van der Waals surface area (Å²) in [6.07, 6.45) is 1.93. The summed E-state index contributed by atoms with van der Waals surface area (Å²) in [4.78, 5) is -0.0119. The number of thioether (sulfide) groups is 1. The van der Waals surface area contributed by atoms with E-state index in [0.717, 1.165) is 0 Å². The van der Waals surface area contributed by atoms with Crippen molar-refractivity contribution in [3.8, 4) is 0 Å². The summed E-state index contributed by atoms with van der Waals surface area (Å²) in [5.74, 6) is 0.708. The van der Waals surface area contributed by atoms with E-state index in [1.165, 1.54) is 16.4 Å². The van der Waals surface area contributed by atoms with Crippen LogP contribution in [0.25, 0.3) is 0 Å². The minimum absolute atomic E-state index is 0.0119. The van der Waals surface area contributed by atoms with Crippen molar-refractivity contribution >= 4 is 39.1 Å². The molecule has 0 aliphatic carbocycles. The quantitative estimate of drug-likeness (QED) is 0.848. The molecule has 0 fully saturated rings. The zero-order valence-corrected chi connectivity index (χ0v) is 12.9. The van der Waals surface area contributed by atoms with Gasteiger partial charge in [0.15, 0.2) is 0 Å². The number of hydrogen-bond donors (Lipinski definition) is 1. The number of hydrogen-bond acceptors (Lipinski definition) is 4. The molecule has 0 spiro atoms. The number of nitrogens with two attached hydrogens (primary N) is 1. The zero-order chi connectivity index (χ0) is 13.9. The standard InChI is InChI=1S/C11H17ClN2O2S2/c1-8(7-17-3)14(2)18(15,16)11-9(12)5-4-6-10(11)13/h4-6,8H,7,13H2,1-3H3. The number of halogens is 1. The van der Waals surface area contributed by atoms with Crippen molar-refractivity contribution in [2.45, 2.75) is 17.9 Å². The Balaban J connectivity index is 3.22. The molecule has 0 heterocycles. The van der Waals surface area contributed by atoms with Gasteiger partial charge in [0.1, 0.15) is 4.90 Å². The van der Waals surface area contributed by atoms with E-state index in [2.05, 4.69) is 0 Å². The van der Waals surface area contributed by atoms with Crippen LogP contribution in [-0.2, 0) is 10.0 Å². The Kier molecular flexibility index (Phi) is 5.33. The van der Waals surface area contributed by atoms with Gasteiger partial charge in [0.05, 0.1) is 10.7 Å². The van der Waals surface area contributed by atoms with Crippen molar-refractivity contribution in [1.29, 1.82) is 0 Å². The maximum Gasteiger partial charge on any atom is 0.246 e. The van der Waals surface area contributed by atoms with E-state index < -0.39 is 10.0 Å². The van der Waals surface area contributed by atoms with Crippen LogP contribution in [0.1, 0.15) is 6.92 Å². The van der Waals surface area contributed by atoms with Crippen LogP contribution in [0.3, 0.4) is 0 Å². The fraction of sp³-hybridized carbons (Fsp3) is 0.455. The second-order valence-electron chi connectivity index (χ2n) is 3.98. The Labute approximate surface area is 118 Å². The summed E-state index contributed by atoms with van der Waals surface area (Å²) >= 11 is 7.54. The molecule has 2 N–H and O–H groups in total. The molecule has 7 heteroatoms. The van der Waals surface area contributed by atoms with Crippen molar-refractivity contribution < 1.29 is 8.42 Å². The largest absolute Gasteiger partial charge is 0.398 e. The van der Waals surface area contributed by atoms with E-state index in [-0.39, 0.29) is 21.6 Å². The van der Waals surface area contributed by atoms with Crippen LogP contribution in [0.5, 0.6) is 0 Å². The van der Waals surface area contributed by atoms with E-state index in [9.17, 15) is 8.42 Å². The number of nitrogen functional groups attached to an aromatic ring is 1. The highest BCUT2D eigenvalue weighted by Gasteiger charge is 2.29. The SMILES string of the molecule is CSCC(C)N(C)S(=O)(=O)c1c(N)cccc1Cl. The van der Waals surface area contributed by atoms with Crippen molar-refractivity contribution in [3.05, 3.63) is 23.2 Å². The molecule has 0 amide bonds. The van der Waals surface area contributed by atoms with E-state index in [0.29, 0.717) is 5.75 Å². The van der Waals surface area contributed by atoms with Gasteiger partial charge >= 0.3 is 0 Å². The molecule has 1 atom stereocenters. The highest BCUT2D eigenvalue weighted by atomic mass is 35.5. The third-order valence-electron chi connectivity index (χ3n) is 2.66. The van der Waals surface area contributed by atoms with Crippen LogP contribution in [0.15, 0.2) is 23.1 Å². The number of anilines is 1. The van der Waals surface area contributed by atoms with Gasteiger partial charge in [-0.3, -0.25) is 0 Å². The zero-order valence-electron chi connectivity index (χ0n) is 10.6. The molecule has 0 radical (unpaired) electrons. The van der Waals surface area contributed by atoms with Crippen molar-refractivity contribution in [2.24, 2.45) is 0 Å². The summed E-state index contributed by atoms with van der Waals surface area (Å²) < 4.78 is 26.2. The maximum atomic E-state index is 12.4. The van der Waals surface area contributed by atoms with Crippen LogP contribution < -0.4 is 5.73 Å². The molecule has 102 valence electrons. The van der Waals surface area contributed by atoms with E-state index in [1.54, 1.807) is 24.9 Å². The molecule has 0 bridgehead atoms. The van der Waals surface area contributed by atoms with Crippen LogP contribution in [-0.4, -0.2) is 37.8 Å². The van der Waals surface area contributed by atoms with Crippen molar-refractivity contribution in [3.63, 3.8) is 0 Å². The van der Waals surface area contributed by atoms with Gasteiger partial charge < -0.3 is 5.73 Å². The maximum absolute atomic E-state index is 12.4. The molecule has 1 aromatic carbocycles. The summed E-state index contributed by atoms with van der Waals surface area (Å²) in [6.45, 7) is 1.85. The van der Waals surface area contributed by atoms with Gasteiger partial charge in [-0.1, -0.05) is 17.7 Å². The number of benzene rings is 1. The monoisotopic (exact) mass is 308 g/mol. The van der Waals surface area contributed by atoms with Crippen LogP contribution >= 0.6 is 23.4 Å². The lowest BCUT2D eigenvalue weighted by molar-refractivity contribution is 0.415. The summed E-state index contributed by atoms with van der Waals surface area (Å²) in [5.41, 5.74) is 5.90. The second kappa shape index (κ2) is 6.14. The lowest BCUT2D eigenvalue weighted by Crippen LogP contribution is -2.37. The molecule has 1 rings (SSSR count). The Morgan fingerprint density at radius 1 is 1.50 bits per heavy atom. The molecular formula is C11H17ClN2O2S2. The minimum Gasteiger partial charge on any atom is -0.398 e. The van der Waals surface area contributed by atoms with Crippen LogP contribution in [0.4, 0.5) is 5.69 Å². The molecule has 4 nitrogen and oxygen atoms in total. The van der Waals surface area contributed by atoms with Gasteiger partial charge in [-0.25, -0.2) is 8.42 Å². The van der Waals surface area contributed by atoms with Gasteiger partial charge in [-0.2, -0.15) is 16.1 Å². The molecule has 1 aromatic rings. The molecular weight excluding hydrogens is 292 g/mol. The lowest BCUT2D eigenvalue weighted by atomic mass is 10.3. The summed E-state index contributed by atoms with van der Waals surface area (Å²) in [5, 5.41) is 0.151. The highest BCUT2D eigenvalue weighted by Crippen LogP contribution is 2.30. The van der Waals surface area contributed by atoms with Crippen molar-refractivity contribution in [1.82, 2.24) is 4.31 Å². The topological polar surface area (TPSA) is 63.4 Å². The molecule has 0 aliphatic rings. The number of sulfonamides is 1. The van der Waals surface area contributed by atoms with E-state index in [4.69, 9.17) is 17.3 Å². The van der Waals surface area contributed by atoms with Gasteiger partial charge in [-0.15, -0.1) is 0 Å². The first kappa shape index (κ1) is 15.6. The van der Waals surface area contributed by atoms with Crippen LogP contribution in [0, 0.1) is 0 Å².